The average molecular weight is 399 g/mol. The first-order valence-corrected chi connectivity index (χ1v) is 11.5. The van der Waals surface area contributed by atoms with Gasteiger partial charge in [0.05, 0.1) is 4.90 Å². The molecular formula is C22H26N2O3S. The van der Waals surface area contributed by atoms with Crippen LogP contribution >= 0.6 is 0 Å². The van der Waals surface area contributed by atoms with Crippen LogP contribution in [0.5, 0.6) is 0 Å². The van der Waals surface area contributed by atoms with Crippen LogP contribution in [-0.4, -0.2) is 49.2 Å². The molecule has 28 heavy (non-hydrogen) atoms. The van der Waals surface area contributed by atoms with Crippen molar-refractivity contribution in [3.8, 4) is 11.1 Å². The van der Waals surface area contributed by atoms with Crippen molar-refractivity contribution in [2.75, 3.05) is 19.6 Å². The minimum Gasteiger partial charge on any atom is -0.341 e. The number of hydrogen-bond acceptors (Lipinski definition) is 3. The second-order valence-corrected chi connectivity index (χ2v) is 9.44. The van der Waals surface area contributed by atoms with E-state index in [0.29, 0.717) is 13.0 Å². The summed E-state index contributed by atoms with van der Waals surface area (Å²) in [5.41, 5.74) is 2.02. The van der Waals surface area contributed by atoms with Crippen LogP contribution in [0.3, 0.4) is 0 Å². The highest BCUT2D eigenvalue weighted by Gasteiger charge is 2.39. The van der Waals surface area contributed by atoms with E-state index in [-0.39, 0.29) is 10.8 Å². The molecule has 0 bridgehead atoms. The maximum absolute atomic E-state index is 13.3. The van der Waals surface area contributed by atoms with Crippen molar-refractivity contribution in [1.29, 1.82) is 0 Å². The third-order valence-electron chi connectivity index (χ3n) is 5.72. The Morgan fingerprint density at radius 1 is 0.786 bits per heavy atom. The second kappa shape index (κ2) is 8.05. The first-order valence-electron chi connectivity index (χ1n) is 10.0. The highest BCUT2D eigenvalue weighted by Crippen LogP contribution is 2.29. The Kier molecular flexibility index (Phi) is 5.51. The number of sulfonamides is 1. The quantitative estimate of drug-likeness (QED) is 0.792. The van der Waals surface area contributed by atoms with Gasteiger partial charge in [0.1, 0.15) is 6.04 Å². The van der Waals surface area contributed by atoms with E-state index in [2.05, 4.69) is 0 Å². The lowest BCUT2D eigenvalue weighted by Gasteiger charge is -2.35. The highest BCUT2D eigenvalue weighted by molar-refractivity contribution is 7.89. The number of nitrogens with zero attached hydrogens (tertiary/aromatic N) is 2. The van der Waals surface area contributed by atoms with Crippen LogP contribution in [-0.2, 0) is 14.8 Å². The summed E-state index contributed by atoms with van der Waals surface area (Å²) < 4.78 is 28.1. The summed E-state index contributed by atoms with van der Waals surface area (Å²) in [6.07, 6.45) is 4.31. The van der Waals surface area contributed by atoms with Crippen molar-refractivity contribution in [2.24, 2.45) is 0 Å². The zero-order valence-corrected chi connectivity index (χ0v) is 16.8. The Morgan fingerprint density at radius 2 is 1.39 bits per heavy atom. The van der Waals surface area contributed by atoms with Crippen LogP contribution in [0.1, 0.15) is 32.1 Å². The van der Waals surface area contributed by atoms with Crippen LogP contribution < -0.4 is 0 Å². The third kappa shape index (κ3) is 3.71. The zero-order chi connectivity index (χ0) is 19.6. The van der Waals surface area contributed by atoms with Gasteiger partial charge in [-0.1, -0.05) is 48.9 Å². The van der Waals surface area contributed by atoms with E-state index in [4.69, 9.17) is 0 Å². The van der Waals surface area contributed by atoms with E-state index >= 15 is 0 Å². The van der Waals surface area contributed by atoms with Gasteiger partial charge in [-0.3, -0.25) is 4.79 Å². The minimum absolute atomic E-state index is 0.0262. The molecule has 5 nitrogen and oxygen atoms in total. The number of benzene rings is 2. The predicted molar refractivity (Wildman–Crippen MR) is 109 cm³/mol. The molecule has 0 saturated carbocycles. The van der Waals surface area contributed by atoms with Crippen molar-refractivity contribution in [1.82, 2.24) is 9.21 Å². The van der Waals surface area contributed by atoms with E-state index in [1.165, 1.54) is 4.31 Å². The van der Waals surface area contributed by atoms with E-state index in [9.17, 15) is 13.2 Å². The number of carbonyl (C=O) groups is 1. The van der Waals surface area contributed by atoms with Gasteiger partial charge in [0.25, 0.3) is 0 Å². The molecule has 2 aliphatic heterocycles. The van der Waals surface area contributed by atoms with E-state index in [1.807, 2.05) is 47.4 Å². The second-order valence-electron chi connectivity index (χ2n) is 7.55. The van der Waals surface area contributed by atoms with Gasteiger partial charge in [-0.25, -0.2) is 8.42 Å². The molecule has 2 aromatic rings. The number of carbonyl (C=O) groups excluding carboxylic acids is 1. The summed E-state index contributed by atoms with van der Waals surface area (Å²) in [7, 11) is -3.70. The third-order valence-corrected chi connectivity index (χ3v) is 7.65. The largest absolute Gasteiger partial charge is 0.341 e. The summed E-state index contributed by atoms with van der Waals surface area (Å²) in [6, 6.07) is 16.3. The smallest absolute Gasteiger partial charge is 0.243 e. The normalized spacial score (nSPS) is 21.0. The predicted octanol–water partition coefficient (Wildman–Crippen LogP) is 3.52. The monoisotopic (exact) mass is 398 g/mol. The number of rotatable bonds is 4. The van der Waals surface area contributed by atoms with Crippen LogP contribution in [0.15, 0.2) is 59.5 Å². The van der Waals surface area contributed by atoms with Gasteiger partial charge < -0.3 is 4.90 Å². The molecule has 0 aliphatic carbocycles. The topological polar surface area (TPSA) is 57.7 Å². The van der Waals surface area contributed by atoms with Crippen molar-refractivity contribution in [3.05, 3.63) is 54.6 Å². The molecular weight excluding hydrogens is 372 g/mol. The Bertz CT molecular complexity index is 920. The van der Waals surface area contributed by atoms with Crippen molar-refractivity contribution >= 4 is 15.9 Å². The molecule has 2 saturated heterocycles. The van der Waals surface area contributed by atoms with Crippen LogP contribution in [0, 0.1) is 0 Å². The first kappa shape index (κ1) is 19.2. The van der Waals surface area contributed by atoms with Crippen molar-refractivity contribution < 1.29 is 13.2 Å². The fourth-order valence-electron chi connectivity index (χ4n) is 4.17. The molecule has 0 radical (unpaired) electrons. The van der Waals surface area contributed by atoms with Gasteiger partial charge in [0.15, 0.2) is 0 Å². The maximum atomic E-state index is 13.3. The molecule has 2 aliphatic rings. The zero-order valence-electron chi connectivity index (χ0n) is 16.0. The Balaban J connectivity index is 1.59. The van der Waals surface area contributed by atoms with Crippen LogP contribution in [0.2, 0.25) is 0 Å². The number of likely N-dealkylation sites (tertiary alicyclic amines) is 1. The van der Waals surface area contributed by atoms with Gasteiger partial charge in [-0.15, -0.1) is 0 Å². The minimum atomic E-state index is -3.70. The molecule has 2 fully saturated rings. The highest BCUT2D eigenvalue weighted by atomic mass is 32.2. The SMILES string of the molecule is O=C(C1CCCCN1S(=O)(=O)c1ccc(-c2ccccc2)cc1)N1CCCC1. The fraction of sp³-hybridized carbons (Fsp3) is 0.409. The molecule has 148 valence electrons. The van der Waals surface area contributed by atoms with Gasteiger partial charge >= 0.3 is 0 Å². The lowest BCUT2D eigenvalue weighted by atomic mass is 10.0. The fourth-order valence-corrected chi connectivity index (χ4v) is 5.82. The molecule has 1 unspecified atom stereocenters. The van der Waals surface area contributed by atoms with Crippen LogP contribution in [0.25, 0.3) is 11.1 Å². The Morgan fingerprint density at radius 3 is 2.07 bits per heavy atom. The summed E-state index contributed by atoms with van der Waals surface area (Å²) in [5.74, 6) is -0.0262. The molecule has 0 aromatic heterocycles. The van der Waals surface area contributed by atoms with Crippen molar-refractivity contribution in [2.45, 2.75) is 43.0 Å². The number of amides is 1. The molecule has 0 spiro atoms. The molecule has 4 rings (SSSR count). The average Bonchev–Trinajstić information content (AvgIpc) is 3.29. The Hall–Kier alpha value is -2.18. The van der Waals surface area contributed by atoms with Crippen LogP contribution in [0.4, 0.5) is 0 Å². The summed E-state index contributed by atoms with van der Waals surface area (Å²) in [6.45, 7) is 1.90. The lowest BCUT2D eigenvalue weighted by Crippen LogP contribution is -2.52. The van der Waals surface area contributed by atoms with Gasteiger partial charge in [0, 0.05) is 19.6 Å². The number of hydrogen-bond donors (Lipinski definition) is 0. The molecule has 2 heterocycles. The van der Waals surface area contributed by atoms with Gasteiger partial charge in [-0.05, 0) is 48.9 Å². The molecule has 1 atom stereocenters. The summed E-state index contributed by atoms with van der Waals surface area (Å²) >= 11 is 0. The van der Waals surface area contributed by atoms with Gasteiger partial charge in [-0.2, -0.15) is 4.31 Å². The molecule has 0 N–H and O–H groups in total. The molecule has 6 heteroatoms. The van der Waals surface area contributed by atoms with E-state index in [0.717, 1.165) is 49.9 Å². The standard InChI is InChI=1S/C22H26N2O3S/c25-22(23-15-6-7-16-23)21-10-4-5-17-24(21)28(26,27)20-13-11-19(12-14-20)18-8-2-1-3-9-18/h1-3,8-9,11-14,21H,4-7,10,15-17H2. The van der Waals surface area contributed by atoms with Crippen molar-refractivity contribution in [3.63, 3.8) is 0 Å². The lowest BCUT2D eigenvalue weighted by molar-refractivity contribution is -0.135. The van der Waals surface area contributed by atoms with E-state index < -0.39 is 16.1 Å². The summed E-state index contributed by atoms with van der Waals surface area (Å²) in [4.78, 5) is 15.0. The number of piperidine rings is 1. The summed E-state index contributed by atoms with van der Waals surface area (Å²) in [5, 5.41) is 0. The molecule has 1 amide bonds. The van der Waals surface area contributed by atoms with E-state index in [1.54, 1.807) is 12.1 Å². The Labute approximate surface area is 167 Å². The maximum Gasteiger partial charge on any atom is 0.243 e. The first-order chi connectivity index (χ1) is 13.6. The molecule has 2 aromatic carbocycles. The van der Waals surface area contributed by atoms with Gasteiger partial charge in [0.2, 0.25) is 15.9 Å².